The van der Waals surface area contributed by atoms with Crippen molar-refractivity contribution < 1.29 is 0 Å². The van der Waals surface area contributed by atoms with Crippen molar-refractivity contribution in [3.05, 3.63) is 81.3 Å². The molecular weight excluding hydrogens is 288 g/mol. The maximum Gasteiger partial charge on any atom is 0.0139 e. The fourth-order valence-electron chi connectivity index (χ4n) is 4.52. The van der Waals surface area contributed by atoms with Crippen molar-refractivity contribution in [1.29, 1.82) is 0 Å². The van der Waals surface area contributed by atoms with Gasteiger partial charge in [0.05, 0.1) is 0 Å². The van der Waals surface area contributed by atoms with Gasteiger partial charge in [-0.25, -0.2) is 0 Å². The largest absolute Gasteiger partial charge is 0.0801 e. The van der Waals surface area contributed by atoms with Gasteiger partial charge < -0.3 is 0 Å². The predicted molar refractivity (Wildman–Crippen MR) is 104 cm³/mol. The highest BCUT2D eigenvalue weighted by Gasteiger charge is 2.36. The van der Waals surface area contributed by atoms with Crippen molar-refractivity contribution in [2.45, 2.75) is 46.5 Å². The van der Waals surface area contributed by atoms with Gasteiger partial charge in [-0.3, -0.25) is 0 Å². The molecule has 4 rings (SSSR count). The molecule has 0 unspecified atom stereocenters. The zero-order valence-electron chi connectivity index (χ0n) is 15.0. The molecule has 0 heterocycles. The third-order valence-electron chi connectivity index (χ3n) is 6.09. The summed E-state index contributed by atoms with van der Waals surface area (Å²) in [6, 6.07) is 6.98. The molecule has 0 aliphatic heterocycles. The van der Waals surface area contributed by atoms with Crippen LogP contribution in [-0.2, 0) is 6.42 Å². The molecule has 1 aromatic rings. The molecule has 1 aromatic carbocycles. The summed E-state index contributed by atoms with van der Waals surface area (Å²) in [6.45, 7) is 6.90. The first-order chi connectivity index (χ1) is 11.7. The van der Waals surface area contributed by atoms with Crippen LogP contribution in [0.5, 0.6) is 0 Å². The van der Waals surface area contributed by atoms with Gasteiger partial charge in [-0.1, -0.05) is 69.4 Å². The number of benzene rings is 1. The topological polar surface area (TPSA) is 0 Å². The highest BCUT2D eigenvalue weighted by molar-refractivity contribution is 5.91. The molecule has 0 saturated carbocycles. The minimum Gasteiger partial charge on any atom is -0.0801 e. The van der Waals surface area contributed by atoms with Gasteiger partial charge in [-0.15, -0.1) is 0 Å². The molecule has 0 heteroatoms. The lowest BCUT2D eigenvalue weighted by Gasteiger charge is -2.37. The SMILES string of the molecule is CCc1ccc2c(c1)=CC1=C(C3=CC=CC3)C(CC)(CC)C=CC=21. The van der Waals surface area contributed by atoms with E-state index in [9.17, 15) is 0 Å². The van der Waals surface area contributed by atoms with Crippen LogP contribution >= 0.6 is 0 Å². The molecule has 0 amide bonds. The molecule has 0 spiro atoms. The van der Waals surface area contributed by atoms with Crippen LogP contribution in [0.2, 0.25) is 0 Å². The quantitative estimate of drug-likeness (QED) is 0.752. The van der Waals surface area contributed by atoms with Crippen LogP contribution in [0.1, 0.15) is 45.6 Å². The van der Waals surface area contributed by atoms with E-state index in [0.717, 1.165) is 25.7 Å². The molecule has 0 atom stereocenters. The first-order valence-corrected chi connectivity index (χ1v) is 9.38. The molecule has 3 aliphatic carbocycles. The minimum absolute atomic E-state index is 0.183. The lowest BCUT2D eigenvalue weighted by Crippen LogP contribution is -2.26. The van der Waals surface area contributed by atoms with E-state index in [1.807, 2.05) is 0 Å². The van der Waals surface area contributed by atoms with Crippen LogP contribution in [0.3, 0.4) is 0 Å². The zero-order chi connectivity index (χ0) is 16.7. The Morgan fingerprint density at radius 2 is 1.88 bits per heavy atom. The summed E-state index contributed by atoms with van der Waals surface area (Å²) in [5, 5.41) is 2.80. The van der Waals surface area contributed by atoms with Crippen LogP contribution in [0.15, 0.2) is 65.3 Å². The van der Waals surface area contributed by atoms with E-state index < -0.39 is 0 Å². The maximum absolute atomic E-state index is 2.48. The second-order valence-corrected chi connectivity index (χ2v) is 7.14. The van der Waals surface area contributed by atoms with Crippen LogP contribution in [-0.4, -0.2) is 0 Å². The van der Waals surface area contributed by atoms with Gasteiger partial charge in [0.25, 0.3) is 0 Å². The molecule has 122 valence electrons. The average Bonchev–Trinajstić information content (AvgIpc) is 3.27. The molecule has 0 saturated heterocycles. The fraction of sp³-hybridized carbons (Fsp3) is 0.333. The van der Waals surface area contributed by atoms with E-state index in [4.69, 9.17) is 0 Å². The van der Waals surface area contributed by atoms with Crippen LogP contribution in [0.4, 0.5) is 0 Å². The summed E-state index contributed by atoms with van der Waals surface area (Å²) in [5.74, 6) is 0. The Kier molecular flexibility index (Phi) is 3.72. The van der Waals surface area contributed by atoms with Crippen LogP contribution in [0.25, 0.3) is 11.6 Å². The Balaban J connectivity index is 2.02. The molecule has 0 bridgehead atoms. The van der Waals surface area contributed by atoms with Gasteiger partial charge in [-0.2, -0.15) is 0 Å². The molecule has 0 radical (unpaired) electrons. The lowest BCUT2D eigenvalue weighted by molar-refractivity contribution is 0.427. The smallest absolute Gasteiger partial charge is 0.0139 e. The normalized spacial score (nSPS) is 20.1. The van der Waals surface area contributed by atoms with Gasteiger partial charge in [0, 0.05) is 5.41 Å². The van der Waals surface area contributed by atoms with E-state index in [0.29, 0.717) is 0 Å². The van der Waals surface area contributed by atoms with Gasteiger partial charge in [0.2, 0.25) is 0 Å². The molecule has 0 aromatic heterocycles. The van der Waals surface area contributed by atoms with E-state index >= 15 is 0 Å². The number of hydrogen-bond acceptors (Lipinski definition) is 0. The second-order valence-electron chi connectivity index (χ2n) is 7.14. The van der Waals surface area contributed by atoms with Gasteiger partial charge in [-0.05, 0) is 70.1 Å². The summed E-state index contributed by atoms with van der Waals surface area (Å²) in [4.78, 5) is 0. The van der Waals surface area contributed by atoms with Crippen molar-refractivity contribution in [2.24, 2.45) is 5.41 Å². The minimum atomic E-state index is 0.183. The van der Waals surface area contributed by atoms with Crippen molar-refractivity contribution >= 4 is 11.6 Å². The second kappa shape index (κ2) is 5.77. The number of allylic oxidation sites excluding steroid dienone is 8. The average molecular weight is 314 g/mol. The first kappa shape index (κ1) is 15.4. The standard InChI is InChI=1S/C24H26/c1-4-17-11-12-20-19(15-17)16-22-21(20)13-14-24(5-2,6-3)23(22)18-9-7-8-10-18/h7-9,11-16H,4-6,10H2,1-3H3. The number of rotatable bonds is 4. The molecule has 24 heavy (non-hydrogen) atoms. The summed E-state index contributed by atoms with van der Waals surface area (Å²) in [7, 11) is 0. The summed E-state index contributed by atoms with van der Waals surface area (Å²) in [5.41, 5.74) is 7.59. The van der Waals surface area contributed by atoms with E-state index in [1.165, 1.54) is 32.7 Å². The van der Waals surface area contributed by atoms with Crippen molar-refractivity contribution in [3.63, 3.8) is 0 Å². The fourth-order valence-corrected chi connectivity index (χ4v) is 4.52. The third-order valence-corrected chi connectivity index (χ3v) is 6.09. The zero-order valence-corrected chi connectivity index (χ0v) is 15.0. The van der Waals surface area contributed by atoms with Gasteiger partial charge in [0.1, 0.15) is 0 Å². The van der Waals surface area contributed by atoms with E-state index in [2.05, 4.69) is 75.4 Å². The Hall–Kier alpha value is -2.08. The highest BCUT2D eigenvalue weighted by atomic mass is 14.4. The highest BCUT2D eigenvalue weighted by Crippen LogP contribution is 2.49. The predicted octanol–water partition coefficient (Wildman–Crippen LogP) is 4.75. The number of fused-ring (bicyclic) bond motifs is 2. The lowest BCUT2D eigenvalue weighted by atomic mass is 9.67. The maximum atomic E-state index is 2.48. The molecule has 0 N–H and O–H groups in total. The summed E-state index contributed by atoms with van der Waals surface area (Å²) in [6.07, 6.45) is 18.6. The number of hydrogen-bond donors (Lipinski definition) is 0. The Labute approximate surface area is 145 Å². The summed E-state index contributed by atoms with van der Waals surface area (Å²) < 4.78 is 0. The van der Waals surface area contributed by atoms with Crippen molar-refractivity contribution in [3.8, 4) is 0 Å². The Morgan fingerprint density at radius 1 is 1.04 bits per heavy atom. The van der Waals surface area contributed by atoms with Crippen molar-refractivity contribution in [2.75, 3.05) is 0 Å². The molecule has 0 nitrogen and oxygen atoms in total. The molecular formula is C24H26. The third kappa shape index (κ3) is 2.13. The van der Waals surface area contributed by atoms with Crippen LogP contribution < -0.4 is 10.4 Å². The van der Waals surface area contributed by atoms with E-state index in [-0.39, 0.29) is 5.41 Å². The number of aryl methyl sites for hydroxylation is 1. The first-order valence-electron chi connectivity index (χ1n) is 9.38. The monoisotopic (exact) mass is 314 g/mol. The van der Waals surface area contributed by atoms with Gasteiger partial charge in [0.15, 0.2) is 0 Å². The molecule has 3 aliphatic rings. The Morgan fingerprint density at radius 3 is 2.54 bits per heavy atom. The Bertz CT molecular complexity index is 925. The summed E-state index contributed by atoms with van der Waals surface area (Å²) >= 11 is 0. The van der Waals surface area contributed by atoms with E-state index in [1.54, 1.807) is 5.57 Å². The van der Waals surface area contributed by atoms with Gasteiger partial charge >= 0.3 is 0 Å². The van der Waals surface area contributed by atoms with Crippen LogP contribution in [0, 0.1) is 5.41 Å². The van der Waals surface area contributed by atoms with Crippen molar-refractivity contribution in [1.82, 2.24) is 0 Å². The molecule has 0 fully saturated rings.